The number of hydrogen-bond acceptors (Lipinski definition) is 4. The molecule has 1 amide bonds. The van der Waals surface area contributed by atoms with Gasteiger partial charge in [-0.15, -0.1) is 0 Å². The molecule has 5 nitrogen and oxygen atoms in total. The topological polar surface area (TPSA) is 49.6 Å². The monoisotopic (exact) mass is 327 g/mol. The third kappa shape index (κ3) is 3.51. The number of benzene rings is 1. The maximum absolute atomic E-state index is 12.8. The van der Waals surface area contributed by atoms with Crippen LogP contribution in [-0.4, -0.2) is 47.0 Å². The van der Waals surface area contributed by atoms with E-state index in [0.717, 1.165) is 38.4 Å². The lowest BCUT2D eigenvalue weighted by Crippen LogP contribution is -2.48. The number of piperazine rings is 1. The summed E-state index contributed by atoms with van der Waals surface area (Å²) in [5.41, 5.74) is 4.03. The molecule has 0 spiro atoms. The average Bonchev–Trinajstić information content (AvgIpc) is 2.98. The van der Waals surface area contributed by atoms with Gasteiger partial charge in [-0.2, -0.15) is 0 Å². The standard InChI is InChI=1S/C19H25N3O2/c1-4-17-18(15(3)24-20-17)19(23)22-11-9-21(10-12-22)13-16-7-5-14(2)6-8-16/h5-8H,4,9-13H2,1-3H3. The highest BCUT2D eigenvalue weighted by atomic mass is 16.5. The van der Waals surface area contributed by atoms with E-state index in [0.29, 0.717) is 17.7 Å². The molecule has 0 aliphatic carbocycles. The Hall–Kier alpha value is -2.14. The van der Waals surface area contributed by atoms with Gasteiger partial charge < -0.3 is 9.42 Å². The summed E-state index contributed by atoms with van der Waals surface area (Å²) < 4.78 is 5.20. The molecule has 0 atom stereocenters. The van der Waals surface area contributed by atoms with Crippen molar-refractivity contribution < 1.29 is 9.32 Å². The van der Waals surface area contributed by atoms with Crippen molar-refractivity contribution in [1.29, 1.82) is 0 Å². The smallest absolute Gasteiger partial charge is 0.259 e. The van der Waals surface area contributed by atoms with Crippen LogP contribution in [0.5, 0.6) is 0 Å². The molecule has 2 aromatic rings. The maximum atomic E-state index is 12.8. The van der Waals surface area contributed by atoms with Crippen LogP contribution in [0, 0.1) is 13.8 Å². The van der Waals surface area contributed by atoms with E-state index in [9.17, 15) is 4.79 Å². The first-order valence-electron chi connectivity index (χ1n) is 8.60. The Morgan fingerprint density at radius 1 is 1.12 bits per heavy atom. The van der Waals surface area contributed by atoms with Gasteiger partial charge in [0.1, 0.15) is 11.3 Å². The van der Waals surface area contributed by atoms with E-state index in [1.54, 1.807) is 0 Å². The fourth-order valence-electron chi connectivity index (χ4n) is 3.15. The molecule has 0 N–H and O–H groups in total. The lowest BCUT2D eigenvalue weighted by molar-refractivity contribution is 0.0626. The molecule has 24 heavy (non-hydrogen) atoms. The van der Waals surface area contributed by atoms with E-state index >= 15 is 0 Å². The van der Waals surface area contributed by atoms with E-state index in [1.807, 2.05) is 18.7 Å². The van der Waals surface area contributed by atoms with Gasteiger partial charge in [-0.1, -0.05) is 41.9 Å². The first-order valence-corrected chi connectivity index (χ1v) is 8.60. The van der Waals surface area contributed by atoms with Crippen molar-refractivity contribution in [2.24, 2.45) is 0 Å². The molecule has 1 aliphatic rings. The first kappa shape index (κ1) is 16.7. The van der Waals surface area contributed by atoms with Crippen LogP contribution in [0.15, 0.2) is 28.8 Å². The summed E-state index contributed by atoms with van der Waals surface area (Å²) in [6, 6.07) is 8.66. The average molecular weight is 327 g/mol. The summed E-state index contributed by atoms with van der Waals surface area (Å²) in [5.74, 6) is 0.680. The number of nitrogens with zero attached hydrogens (tertiary/aromatic N) is 3. The van der Waals surface area contributed by atoms with Crippen LogP contribution < -0.4 is 0 Å². The van der Waals surface area contributed by atoms with Gasteiger partial charge in [0.15, 0.2) is 0 Å². The van der Waals surface area contributed by atoms with Gasteiger partial charge in [-0.3, -0.25) is 9.69 Å². The van der Waals surface area contributed by atoms with Gasteiger partial charge in [-0.05, 0) is 25.8 Å². The number of carbonyl (C=O) groups excluding carboxylic acids is 1. The Kier molecular flexibility index (Phi) is 5.00. The molecule has 5 heteroatoms. The van der Waals surface area contributed by atoms with Crippen LogP contribution in [-0.2, 0) is 13.0 Å². The number of carbonyl (C=O) groups is 1. The highest BCUT2D eigenvalue weighted by molar-refractivity contribution is 5.96. The molecule has 1 aromatic heterocycles. The summed E-state index contributed by atoms with van der Waals surface area (Å²) in [7, 11) is 0. The highest BCUT2D eigenvalue weighted by Gasteiger charge is 2.27. The van der Waals surface area contributed by atoms with Gasteiger partial charge in [0.2, 0.25) is 0 Å². The number of amides is 1. The molecular formula is C19H25N3O2. The summed E-state index contributed by atoms with van der Waals surface area (Å²) in [4.78, 5) is 17.1. The molecule has 2 heterocycles. The molecular weight excluding hydrogens is 302 g/mol. The molecule has 128 valence electrons. The normalized spacial score (nSPS) is 15.7. The van der Waals surface area contributed by atoms with Gasteiger partial charge in [0.05, 0.1) is 5.69 Å². The minimum Gasteiger partial charge on any atom is -0.361 e. The summed E-state index contributed by atoms with van der Waals surface area (Å²) in [6.45, 7) is 10.1. The van der Waals surface area contributed by atoms with Crippen molar-refractivity contribution in [2.45, 2.75) is 33.7 Å². The lowest BCUT2D eigenvalue weighted by Gasteiger charge is -2.34. The number of aromatic nitrogens is 1. The molecule has 1 aliphatic heterocycles. The minimum absolute atomic E-state index is 0.0561. The van der Waals surface area contributed by atoms with E-state index < -0.39 is 0 Å². The van der Waals surface area contributed by atoms with Crippen molar-refractivity contribution in [3.05, 3.63) is 52.4 Å². The molecule has 1 aromatic carbocycles. The molecule has 0 saturated carbocycles. The quantitative estimate of drug-likeness (QED) is 0.866. The number of aryl methyl sites for hydroxylation is 3. The maximum Gasteiger partial charge on any atom is 0.259 e. The van der Waals surface area contributed by atoms with E-state index in [1.165, 1.54) is 11.1 Å². The zero-order chi connectivity index (χ0) is 17.1. The molecule has 1 saturated heterocycles. The van der Waals surface area contributed by atoms with Crippen LogP contribution in [0.25, 0.3) is 0 Å². The Bertz CT molecular complexity index is 698. The Morgan fingerprint density at radius 3 is 2.42 bits per heavy atom. The van der Waals surface area contributed by atoms with Crippen molar-refractivity contribution >= 4 is 5.91 Å². The zero-order valence-electron chi connectivity index (χ0n) is 14.7. The number of rotatable bonds is 4. The minimum atomic E-state index is 0.0561. The molecule has 1 fully saturated rings. The van der Waals surface area contributed by atoms with E-state index in [4.69, 9.17) is 4.52 Å². The fraction of sp³-hybridized carbons (Fsp3) is 0.474. The van der Waals surface area contributed by atoms with Gasteiger partial charge in [-0.25, -0.2) is 0 Å². The zero-order valence-corrected chi connectivity index (χ0v) is 14.7. The summed E-state index contributed by atoms with van der Waals surface area (Å²) in [5, 5.41) is 4.00. The summed E-state index contributed by atoms with van der Waals surface area (Å²) in [6.07, 6.45) is 0.714. The predicted molar refractivity (Wildman–Crippen MR) is 93.0 cm³/mol. The summed E-state index contributed by atoms with van der Waals surface area (Å²) >= 11 is 0. The third-order valence-corrected chi connectivity index (χ3v) is 4.67. The van der Waals surface area contributed by atoms with Gasteiger partial charge >= 0.3 is 0 Å². The second kappa shape index (κ2) is 7.18. The van der Waals surface area contributed by atoms with Crippen LogP contribution in [0.3, 0.4) is 0 Å². The second-order valence-electron chi connectivity index (χ2n) is 6.47. The first-order chi connectivity index (χ1) is 11.6. The largest absolute Gasteiger partial charge is 0.361 e. The van der Waals surface area contributed by atoms with E-state index in [-0.39, 0.29) is 5.91 Å². The molecule has 0 unspecified atom stereocenters. The fourth-order valence-corrected chi connectivity index (χ4v) is 3.15. The van der Waals surface area contributed by atoms with Crippen LogP contribution in [0.2, 0.25) is 0 Å². The van der Waals surface area contributed by atoms with E-state index in [2.05, 4.69) is 41.2 Å². The second-order valence-corrected chi connectivity index (χ2v) is 6.47. The number of hydrogen-bond donors (Lipinski definition) is 0. The lowest BCUT2D eigenvalue weighted by atomic mass is 10.1. The van der Waals surface area contributed by atoms with Crippen molar-refractivity contribution in [1.82, 2.24) is 15.0 Å². The Labute approximate surface area is 143 Å². The van der Waals surface area contributed by atoms with Crippen molar-refractivity contribution in [2.75, 3.05) is 26.2 Å². The Balaban J connectivity index is 1.59. The highest BCUT2D eigenvalue weighted by Crippen LogP contribution is 2.18. The Morgan fingerprint density at radius 2 is 1.79 bits per heavy atom. The molecule has 3 rings (SSSR count). The van der Waals surface area contributed by atoms with Crippen LogP contribution in [0.1, 0.15) is 39.9 Å². The van der Waals surface area contributed by atoms with Gasteiger partial charge in [0, 0.05) is 32.7 Å². The third-order valence-electron chi connectivity index (χ3n) is 4.67. The predicted octanol–water partition coefficient (Wildman–Crippen LogP) is 2.81. The molecule has 0 bridgehead atoms. The van der Waals surface area contributed by atoms with Crippen molar-refractivity contribution in [3.63, 3.8) is 0 Å². The van der Waals surface area contributed by atoms with Crippen molar-refractivity contribution in [3.8, 4) is 0 Å². The van der Waals surface area contributed by atoms with Crippen LogP contribution >= 0.6 is 0 Å². The van der Waals surface area contributed by atoms with Gasteiger partial charge in [0.25, 0.3) is 5.91 Å². The molecule has 0 radical (unpaired) electrons. The van der Waals surface area contributed by atoms with Crippen LogP contribution in [0.4, 0.5) is 0 Å². The SMILES string of the molecule is CCc1noc(C)c1C(=O)N1CCN(Cc2ccc(C)cc2)CC1.